The van der Waals surface area contributed by atoms with Gasteiger partial charge in [-0.3, -0.25) is 0 Å². The highest BCUT2D eigenvalue weighted by Crippen LogP contribution is 2.18. The summed E-state index contributed by atoms with van der Waals surface area (Å²) in [5, 5.41) is 6.12. The van der Waals surface area contributed by atoms with Crippen LogP contribution < -0.4 is 4.80 Å². The standard InChI is InChI=1S/C15H11F2N3OS/c1-10-9-22-15(19-14-5-4-11(16)7-13(14)17)20(10)18-8-12-3-2-6-21-12/h2-9H,1H3. The predicted molar refractivity (Wildman–Crippen MR) is 80.3 cm³/mol. The van der Waals surface area contributed by atoms with E-state index < -0.39 is 11.6 Å². The minimum absolute atomic E-state index is 0.0604. The summed E-state index contributed by atoms with van der Waals surface area (Å²) < 4.78 is 33.4. The molecule has 7 heteroatoms. The number of hydrogen-bond acceptors (Lipinski definition) is 4. The van der Waals surface area contributed by atoms with E-state index in [4.69, 9.17) is 4.42 Å². The summed E-state index contributed by atoms with van der Waals surface area (Å²) in [5.41, 5.74) is 0.902. The molecule has 4 nitrogen and oxygen atoms in total. The molecule has 22 heavy (non-hydrogen) atoms. The number of nitrogens with zero attached hydrogens (tertiary/aromatic N) is 3. The molecule has 0 fully saturated rings. The lowest BCUT2D eigenvalue weighted by Gasteiger charge is -1.98. The maximum absolute atomic E-state index is 13.7. The molecule has 3 rings (SSSR count). The Bertz CT molecular complexity index is 879. The Kier molecular flexibility index (Phi) is 3.97. The molecule has 2 aromatic heterocycles. The molecule has 0 aliphatic heterocycles. The fraction of sp³-hybridized carbons (Fsp3) is 0.0667. The summed E-state index contributed by atoms with van der Waals surface area (Å²) in [6.07, 6.45) is 3.09. The molecule has 0 bridgehead atoms. The van der Waals surface area contributed by atoms with Gasteiger partial charge in [0.2, 0.25) is 4.80 Å². The number of halogens is 2. The lowest BCUT2D eigenvalue weighted by Crippen LogP contribution is -2.11. The smallest absolute Gasteiger partial charge is 0.211 e. The molecule has 0 atom stereocenters. The summed E-state index contributed by atoms with van der Waals surface area (Å²) in [6.45, 7) is 1.86. The average Bonchev–Trinajstić information content (AvgIpc) is 3.10. The van der Waals surface area contributed by atoms with Gasteiger partial charge in [0.15, 0.2) is 5.82 Å². The minimum atomic E-state index is -0.715. The zero-order valence-electron chi connectivity index (χ0n) is 11.5. The number of furan rings is 1. The van der Waals surface area contributed by atoms with Gasteiger partial charge in [0.05, 0.1) is 18.2 Å². The molecule has 112 valence electrons. The second kappa shape index (κ2) is 6.07. The van der Waals surface area contributed by atoms with Crippen LogP contribution in [0.25, 0.3) is 0 Å². The molecule has 0 saturated heterocycles. The van der Waals surface area contributed by atoms with Crippen molar-refractivity contribution >= 4 is 23.2 Å². The van der Waals surface area contributed by atoms with Gasteiger partial charge in [0, 0.05) is 11.4 Å². The van der Waals surface area contributed by atoms with E-state index in [0.717, 1.165) is 11.8 Å². The van der Waals surface area contributed by atoms with E-state index in [1.54, 1.807) is 29.3 Å². The number of aromatic nitrogens is 1. The monoisotopic (exact) mass is 319 g/mol. The van der Waals surface area contributed by atoms with E-state index in [-0.39, 0.29) is 5.69 Å². The molecule has 0 unspecified atom stereocenters. The largest absolute Gasteiger partial charge is 0.463 e. The van der Waals surface area contributed by atoms with Gasteiger partial charge in [-0.05, 0) is 31.2 Å². The fourth-order valence-electron chi connectivity index (χ4n) is 1.76. The zero-order chi connectivity index (χ0) is 15.5. The van der Waals surface area contributed by atoms with Crippen molar-refractivity contribution in [3.05, 3.63) is 69.9 Å². The first-order chi connectivity index (χ1) is 10.6. The van der Waals surface area contributed by atoms with E-state index in [1.165, 1.54) is 23.5 Å². The van der Waals surface area contributed by atoms with E-state index in [2.05, 4.69) is 10.1 Å². The molecule has 0 radical (unpaired) electrons. The molecule has 0 amide bonds. The molecule has 2 heterocycles. The van der Waals surface area contributed by atoms with Crippen LogP contribution in [0.1, 0.15) is 11.5 Å². The molecule has 0 N–H and O–H groups in total. The van der Waals surface area contributed by atoms with Crippen LogP contribution in [0.2, 0.25) is 0 Å². The van der Waals surface area contributed by atoms with Crippen LogP contribution in [0.15, 0.2) is 56.5 Å². The molecule has 0 aliphatic rings. The third-order valence-corrected chi connectivity index (χ3v) is 3.75. The summed E-state index contributed by atoms with van der Waals surface area (Å²) in [7, 11) is 0. The number of aryl methyl sites for hydroxylation is 1. The van der Waals surface area contributed by atoms with Crippen molar-refractivity contribution in [3.63, 3.8) is 0 Å². The average molecular weight is 319 g/mol. The lowest BCUT2D eigenvalue weighted by molar-refractivity contribution is 0.559. The van der Waals surface area contributed by atoms with Crippen LogP contribution in [0, 0.1) is 18.6 Å². The maximum Gasteiger partial charge on any atom is 0.211 e. The highest BCUT2D eigenvalue weighted by molar-refractivity contribution is 7.07. The van der Waals surface area contributed by atoms with Crippen LogP contribution >= 0.6 is 11.3 Å². The van der Waals surface area contributed by atoms with Gasteiger partial charge in [-0.1, -0.05) is 0 Å². The van der Waals surface area contributed by atoms with Crippen LogP contribution in [0.5, 0.6) is 0 Å². The molecule has 3 aromatic rings. The van der Waals surface area contributed by atoms with Gasteiger partial charge in [-0.2, -0.15) is 5.10 Å². The Hall–Kier alpha value is -2.54. The number of benzene rings is 1. The maximum atomic E-state index is 13.7. The molecular formula is C15H11F2N3OS. The van der Waals surface area contributed by atoms with E-state index >= 15 is 0 Å². The van der Waals surface area contributed by atoms with E-state index in [1.807, 2.05) is 12.3 Å². The van der Waals surface area contributed by atoms with Crippen molar-refractivity contribution in [3.8, 4) is 0 Å². The predicted octanol–water partition coefficient (Wildman–Crippen LogP) is 3.84. The first-order valence-electron chi connectivity index (χ1n) is 6.38. The van der Waals surface area contributed by atoms with Gasteiger partial charge in [-0.25, -0.2) is 18.4 Å². The minimum Gasteiger partial charge on any atom is -0.463 e. The molecule has 0 saturated carbocycles. The van der Waals surface area contributed by atoms with Crippen molar-refractivity contribution in [2.75, 3.05) is 0 Å². The Labute approximate surface area is 128 Å². The third-order valence-electron chi connectivity index (χ3n) is 2.82. The van der Waals surface area contributed by atoms with Gasteiger partial charge in [0.1, 0.15) is 17.3 Å². The Morgan fingerprint density at radius 1 is 1.27 bits per heavy atom. The summed E-state index contributed by atoms with van der Waals surface area (Å²) in [6, 6.07) is 6.78. The third kappa shape index (κ3) is 3.04. The van der Waals surface area contributed by atoms with Crippen LogP contribution in [0.3, 0.4) is 0 Å². The molecule has 0 spiro atoms. The van der Waals surface area contributed by atoms with E-state index in [0.29, 0.717) is 10.6 Å². The molecular weight excluding hydrogens is 308 g/mol. The van der Waals surface area contributed by atoms with Crippen molar-refractivity contribution in [1.29, 1.82) is 0 Å². The Balaban J connectivity index is 2.03. The fourth-order valence-corrected chi connectivity index (χ4v) is 2.58. The first kappa shape index (κ1) is 14.4. The van der Waals surface area contributed by atoms with Crippen molar-refractivity contribution in [2.24, 2.45) is 10.1 Å². The second-order valence-electron chi connectivity index (χ2n) is 4.44. The lowest BCUT2D eigenvalue weighted by atomic mass is 10.3. The van der Waals surface area contributed by atoms with Crippen LogP contribution in [-0.4, -0.2) is 10.9 Å². The Morgan fingerprint density at radius 2 is 2.14 bits per heavy atom. The zero-order valence-corrected chi connectivity index (χ0v) is 12.3. The number of thiazole rings is 1. The molecule has 0 aliphatic carbocycles. The van der Waals surface area contributed by atoms with Crippen LogP contribution in [-0.2, 0) is 0 Å². The van der Waals surface area contributed by atoms with Gasteiger partial charge < -0.3 is 4.42 Å². The van der Waals surface area contributed by atoms with Crippen LogP contribution in [0.4, 0.5) is 14.5 Å². The molecule has 1 aromatic carbocycles. The highest BCUT2D eigenvalue weighted by Gasteiger charge is 2.05. The second-order valence-corrected chi connectivity index (χ2v) is 5.28. The normalized spacial score (nSPS) is 12.4. The summed E-state index contributed by atoms with van der Waals surface area (Å²) in [5.74, 6) is -0.757. The quantitative estimate of drug-likeness (QED) is 0.676. The topological polar surface area (TPSA) is 42.8 Å². The SMILES string of the molecule is Cc1csc(=Nc2ccc(F)cc2F)n1N=Cc1ccco1. The van der Waals surface area contributed by atoms with Crippen molar-refractivity contribution in [1.82, 2.24) is 4.68 Å². The van der Waals surface area contributed by atoms with Crippen molar-refractivity contribution in [2.45, 2.75) is 6.92 Å². The van der Waals surface area contributed by atoms with E-state index in [9.17, 15) is 8.78 Å². The first-order valence-corrected chi connectivity index (χ1v) is 7.26. The summed E-state index contributed by atoms with van der Waals surface area (Å²) in [4.78, 5) is 4.68. The van der Waals surface area contributed by atoms with Gasteiger partial charge in [-0.15, -0.1) is 11.3 Å². The highest BCUT2D eigenvalue weighted by atomic mass is 32.1. The Morgan fingerprint density at radius 3 is 2.86 bits per heavy atom. The van der Waals surface area contributed by atoms with Crippen molar-refractivity contribution < 1.29 is 13.2 Å². The van der Waals surface area contributed by atoms with Gasteiger partial charge >= 0.3 is 0 Å². The van der Waals surface area contributed by atoms with Gasteiger partial charge in [0.25, 0.3) is 0 Å². The number of rotatable bonds is 3. The summed E-state index contributed by atoms with van der Waals surface area (Å²) >= 11 is 1.31. The number of hydrogen-bond donors (Lipinski definition) is 0.